The molecule has 0 atom stereocenters. The standard InChI is InChI=1S/C12H14N2O2S/c1-2-4-11-5-7-12(8-6-11)17(15,16)14-10-3-9-13-14/h3,5-10H,2,4H2,1H3. The molecule has 0 aliphatic rings. The van der Waals surface area contributed by atoms with E-state index >= 15 is 0 Å². The first-order valence-corrected chi connectivity index (χ1v) is 6.93. The second kappa shape index (κ2) is 4.71. The van der Waals surface area contributed by atoms with Gasteiger partial charge in [0.05, 0.1) is 11.1 Å². The molecule has 0 bridgehead atoms. The Kier molecular flexibility index (Phi) is 3.28. The van der Waals surface area contributed by atoms with Crippen LogP contribution in [0.4, 0.5) is 0 Å². The maximum absolute atomic E-state index is 12.1. The molecule has 1 aromatic heterocycles. The van der Waals surface area contributed by atoms with Crippen LogP contribution in [0.2, 0.25) is 0 Å². The van der Waals surface area contributed by atoms with Crippen molar-refractivity contribution >= 4 is 10.0 Å². The molecule has 0 N–H and O–H groups in total. The molecular weight excluding hydrogens is 236 g/mol. The Morgan fingerprint density at radius 3 is 2.47 bits per heavy atom. The molecule has 90 valence electrons. The van der Waals surface area contributed by atoms with Crippen LogP contribution in [0.5, 0.6) is 0 Å². The molecule has 5 heteroatoms. The van der Waals surface area contributed by atoms with E-state index in [0.29, 0.717) is 0 Å². The number of nitrogens with zero attached hydrogens (tertiary/aromatic N) is 2. The van der Waals surface area contributed by atoms with E-state index in [2.05, 4.69) is 12.0 Å². The van der Waals surface area contributed by atoms with E-state index < -0.39 is 10.0 Å². The van der Waals surface area contributed by atoms with Gasteiger partial charge in [-0.2, -0.15) is 17.6 Å². The summed E-state index contributed by atoms with van der Waals surface area (Å²) < 4.78 is 25.1. The fraction of sp³-hybridized carbons (Fsp3) is 0.250. The molecule has 0 saturated heterocycles. The van der Waals surface area contributed by atoms with Crippen LogP contribution in [0.1, 0.15) is 18.9 Å². The lowest BCUT2D eigenvalue weighted by molar-refractivity contribution is 0.580. The Bertz CT molecular complexity index is 571. The molecule has 4 nitrogen and oxygen atoms in total. The van der Waals surface area contributed by atoms with Gasteiger partial charge < -0.3 is 0 Å². The van der Waals surface area contributed by atoms with Gasteiger partial charge in [0, 0.05) is 6.20 Å². The van der Waals surface area contributed by atoms with Crippen LogP contribution in [0.25, 0.3) is 0 Å². The van der Waals surface area contributed by atoms with Gasteiger partial charge in [-0.3, -0.25) is 0 Å². The lowest BCUT2D eigenvalue weighted by Gasteiger charge is -2.05. The van der Waals surface area contributed by atoms with E-state index in [1.165, 1.54) is 12.4 Å². The second-order valence-electron chi connectivity index (χ2n) is 3.78. The fourth-order valence-electron chi connectivity index (χ4n) is 1.62. The third kappa shape index (κ3) is 2.39. The van der Waals surface area contributed by atoms with Gasteiger partial charge in [-0.1, -0.05) is 25.5 Å². The van der Waals surface area contributed by atoms with Crippen molar-refractivity contribution < 1.29 is 8.42 Å². The Morgan fingerprint density at radius 1 is 1.24 bits per heavy atom. The SMILES string of the molecule is CCCc1ccc(S(=O)(=O)n2cccn2)cc1. The highest BCUT2D eigenvalue weighted by Crippen LogP contribution is 2.14. The third-order valence-electron chi connectivity index (χ3n) is 2.49. The van der Waals surface area contributed by atoms with Gasteiger partial charge in [-0.15, -0.1) is 0 Å². The average Bonchev–Trinajstić information content (AvgIpc) is 2.84. The van der Waals surface area contributed by atoms with Crippen molar-refractivity contribution in [1.29, 1.82) is 0 Å². The zero-order valence-electron chi connectivity index (χ0n) is 9.57. The fourth-order valence-corrected chi connectivity index (χ4v) is 2.73. The van der Waals surface area contributed by atoms with Gasteiger partial charge in [0.1, 0.15) is 0 Å². The molecule has 0 saturated carbocycles. The summed E-state index contributed by atoms with van der Waals surface area (Å²) in [4.78, 5) is 0.265. The monoisotopic (exact) mass is 250 g/mol. The summed E-state index contributed by atoms with van der Waals surface area (Å²) in [5.74, 6) is 0. The van der Waals surface area contributed by atoms with Crippen molar-refractivity contribution in [3.63, 3.8) is 0 Å². The number of aromatic nitrogens is 2. The molecule has 0 aliphatic heterocycles. The first-order chi connectivity index (χ1) is 8.14. The van der Waals surface area contributed by atoms with Gasteiger partial charge in [0.2, 0.25) is 0 Å². The van der Waals surface area contributed by atoms with Crippen LogP contribution in [0, 0.1) is 0 Å². The molecule has 2 rings (SSSR count). The van der Waals surface area contributed by atoms with E-state index in [0.717, 1.165) is 22.5 Å². The van der Waals surface area contributed by atoms with Crippen molar-refractivity contribution in [2.24, 2.45) is 0 Å². The summed E-state index contributed by atoms with van der Waals surface area (Å²) in [7, 11) is -3.52. The lowest BCUT2D eigenvalue weighted by Crippen LogP contribution is -2.13. The first kappa shape index (κ1) is 11.9. The normalized spacial score (nSPS) is 11.6. The Hall–Kier alpha value is -1.62. The Balaban J connectivity index is 2.35. The zero-order chi connectivity index (χ0) is 12.3. The summed E-state index contributed by atoms with van der Waals surface area (Å²) in [5, 5.41) is 3.75. The highest BCUT2D eigenvalue weighted by Gasteiger charge is 2.16. The highest BCUT2D eigenvalue weighted by atomic mass is 32.2. The van der Waals surface area contributed by atoms with Gasteiger partial charge >= 0.3 is 0 Å². The number of aryl methyl sites for hydroxylation is 1. The minimum atomic E-state index is -3.52. The average molecular weight is 250 g/mol. The summed E-state index contributed by atoms with van der Waals surface area (Å²) >= 11 is 0. The maximum Gasteiger partial charge on any atom is 0.282 e. The van der Waals surface area contributed by atoms with Crippen molar-refractivity contribution in [2.45, 2.75) is 24.7 Å². The maximum atomic E-state index is 12.1. The lowest BCUT2D eigenvalue weighted by atomic mass is 10.1. The quantitative estimate of drug-likeness (QED) is 0.834. The summed E-state index contributed by atoms with van der Waals surface area (Å²) in [6.45, 7) is 2.09. The summed E-state index contributed by atoms with van der Waals surface area (Å²) in [6, 6.07) is 8.53. The third-order valence-corrected chi connectivity index (χ3v) is 4.06. The van der Waals surface area contributed by atoms with Crippen molar-refractivity contribution in [3.8, 4) is 0 Å². The van der Waals surface area contributed by atoms with E-state index in [4.69, 9.17) is 0 Å². The van der Waals surface area contributed by atoms with E-state index in [-0.39, 0.29) is 4.90 Å². The molecule has 0 amide bonds. The molecule has 0 radical (unpaired) electrons. The van der Waals surface area contributed by atoms with Crippen molar-refractivity contribution in [2.75, 3.05) is 0 Å². The molecule has 2 aromatic rings. The number of hydrogen-bond donors (Lipinski definition) is 0. The number of benzene rings is 1. The molecule has 0 spiro atoms. The molecule has 0 unspecified atom stereocenters. The van der Waals surface area contributed by atoms with Crippen molar-refractivity contribution in [1.82, 2.24) is 9.19 Å². The topological polar surface area (TPSA) is 52.0 Å². The molecule has 17 heavy (non-hydrogen) atoms. The smallest absolute Gasteiger partial charge is 0.199 e. The van der Waals surface area contributed by atoms with E-state index in [1.807, 2.05) is 12.1 Å². The highest BCUT2D eigenvalue weighted by molar-refractivity contribution is 7.89. The van der Waals surface area contributed by atoms with Crippen LogP contribution in [-0.4, -0.2) is 17.6 Å². The molecule has 0 fully saturated rings. The largest absolute Gasteiger partial charge is 0.282 e. The van der Waals surface area contributed by atoms with Gasteiger partial charge in [0.25, 0.3) is 10.0 Å². The molecular formula is C12H14N2O2S. The minimum Gasteiger partial charge on any atom is -0.199 e. The van der Waals surface area contributed by atoms with Crippen LogP contribution in [0.3, 0.4) is 0 Å². The minimum absolute atomic E-state index is 0.265. The van der Waals surface area contributed by atoms with Gasteiger partial charge in [0.15, 0.2) is 0 Å². The van der Waals surface area contributed by atoms with Crippen LogP contribution < -0.4 is 0 Å². The van der Waals surface area contributed by atoms with Crippen molar-refractivity contribution in [3.05, 3.63) is 48.3 Å². The summed E-state index contributed by atoms with van der Waals surface area (Å²) in [5.41, 5.74) is 1.15. The van der Waals surface area contributed by atoms with Crippen LogP contribution in [-0.2, 0) is 16.4 Å². The molecule has 0 aliphatic carbocycles. The summed E-state index contributed by atoms with van der Waals surface area (Å²) in [6.07, 6.45) is 4.88. The predicted octanol–water partition coefficient (Wildman–Crippen LogP) is 2.07. The van der Waals surface area contributed by atoms with E-state index in [1.54, 1.807) is 18.2 Å². The number of hydrogen-bond acceptors (Lipinski definition) is 3. The van der Waals surface area contributed by atoms with Gasteiger partial charge in [-0.05, 0) is 30.2 Å². The zero-order valence-corrected chi connectivity index (χ0v) is 10.4. The first-order valence-electron chi connectivity index (χ1n) is 5.49. The number of rotatable bonds is 4. The second-order valence-corrected chi connectivity index (χ2v) is 5.57. The molecule has 1 aromatic carbocycles. The van der Waals surface area contributed by atoms with Crippen LogP contribution >= 0.6 is 0 Å². The molecule has 1 heterocycles. The predicted molar refractivity (Wildman–Crippen MR) is 65.2 cm³/mol. The van der Waals surface area contributed by atoms with E-state index in [9.17, 15) is 8.42 Å². The van der Waals surface area contributed by atoms with Crippen LogP contribution in [0.15, 0.2) is 47.6 Å². The van der Waals surface area contributed by atoms with Gasteiger partial charge in [-0.25, -0.2) is 0 Å². The Labute approximate surface area is 101 Å². The Morgan fingerprint density at radius 2 is 1.94 bits per heavy atom.